The number of allylic oxidation sites excluding steroid dienone is 1. The van der Waals surface area contributed by atoms with E-state index in [9.17, 15) is 9.50 Å². The fourth-order valence-corrected chi connectivity index (χ4v) is 4.13. The Hall–Kier alpha value is -2.57. The number of hydrogen-bond acceptors (Lipinski definition) is 4. The molecule has 4 rings (SSSR count). The van der Waals surface area contributed by atoms with Gasteiger partial charge in [0, 0.05) is 16.8 Å². The lowest BCUT2D eigenvalue weighted by molar-refractivity contribution is 0.441. The van der Waals surface area contributed by atoms with Gasteiger partial charge in [-0.25, -0.2) is 4.39 Å². The fourth-order valence-electron chi connectivity index (χ4n) is 2.84. The van der Waals surface area contributed by atoms with E-state index in [0.29, 0.717) is 14.5 Å². The Labute approximate surface area is 153 Å². The molecule has 3 nitrogen and oxygen atoms in total. The van der Waals surface area contributed by atoms with Crippen LogP contribution >= 0.6 is 23.6 Å². The summed E-state index contributed by atoms with van der Waals surface area (Å²) in [6, 6.07) is 13.8. The first-order valence-corrected chi connectivity index (χ1v) is 8.84. The summed E-state index contributed by atoms with van der Waals surface area (Å²) in [7, 11) is 0. The second-order valence-electron chi connectivity index (χ2n) is 5.64. The van der Waals surface area contributed by atoms with E-state index in [1.54, 1.807) is 16.7 Å². The molecule has 0 fully saturated rings. The van der Waals surface area contributed by atoms with E-state index >= 15 is 0 Å². The molecule has 1 aromatic heterocycles. The van der Waals surface area contributed by atoms with Gasteiger partial charge in [-0.2, -0.15) is 0 Å². The predicted molar refractivity (Wildman–Crippen MR) is 103 cm³/mol. The van der Waals surface area contributed by atoms with Crippen LogP contribution in [0.25, 0.3) is 17.3 Å². The minimum atomic E-state index is -0.332. The molecule has 0 saturated heterocycles. The summed E-state index contributed by atoms with van der Waals surface area (Å²) in [5.74, 6) is -0.284. The van der Waals surface area contributed by atoms with Gasteiger partial charge < -0.3 is 5.11 Å². The van der Waals surface area contributed by atoms with E-state index in [-0.39, 0.29) is 11.7 Å². The van der Waals surface area contributed by atoms with Crippen molar-refractivity contribution in [3.8, 4) is 11.6 Å². The number of halogens is 1. The SMILES string of the molecule is CC1=Nc2ccccc2/C1=C\c1sc(=S)n(-c2ccc(F)cc2)c1O. The van der Waals surface area contributed by atoms with Gasteiger partial charge in [0.05, 0.1) is 16.3 Å². The van der Waals surface area contributed by atoms with Gasteiger partial charge in [0.1, 0.15) is 5.82 Å². The average Bonchev–Trinajstić information content (AvgIpc) is 3.06. The Morgan fingerprint density at radius 3 is 2.64 bits per heavy atom. The van der Waals surface area contributed by atoms with Gasteiger partial charge in [-0.15, -0.1) is 11.3 Å². The second-order valence-corrected chi connectivity index (χ2v) is 7.32. The van der Waals surface area contributed by atoms with Gasteiger partial charge in [-0.05, 0) is 55.5 Å². The summed E-state index contributed by atoms with van der Waals surface area (Å²) in [6.07, 6.45) is 1.90. The van der Waals surface area contributed by atoms with E-state index in [4.69, 9.17) is 12.2 Å². The first kappa shape index (κ1) is 15.9. The Morgan fingerprint density at radius 2 is 1.88 bits per heavy atom. The Bertz CT molecular complexity index is 1090. The summed E-state index contributed by atoms with van der Waals surface area (Å²) >= 11 is 6.70. The molecular formula is C19H13FN2OS2. The van der Waals surface area contributed by atoms with Crippen molar-refractivity contribution in [2.45, 2.75) is 6.92 Å². The number of para-hydroxylation sites is 1. The van der Waals surface area contributed by atoms with Crippen molar-refractivity contribution in [1.82, 2.24) is 4.57 Å². The number of aromatic hydroxyl groups is 1. The monoisotopic (exact) mass is 368 g/mol. The number of aliphatic imine (C=N–C) groups is 1. The molecule has 3 aromatic rings. The third-order valence-electron chi connectivity index (χ3n) is 4.04. The van der Waals surface area contributed by atoms with Crippen LogP contribution in [0.3, 0.4) is 0 Å². The highest BCUT2D eigenvalue weighted by Gasteiger charge is 2.19. The van der Waals surface area contributed by atoms with Crippen molar-refractivity contribution >= 4 is 46.6 Å². The van der Waals surface area contributed by atoms with Crippen LogP contribution in [0.4, 0.5) is 10.1 Å². The topological polar surface area (TPSA) is 37.5 Å². The van der Waals surface area contributed by atoms with Crippen molar-refractivity contribution in [3.05, 3.63) is 68.7 Å². The molecule has 6 heteroatoms. The number of benzene rings is 2. The lowest BCUT2D eigenvalue weighted by Gasteiger charge is -2.05. The number of hydrogen-bond donors (Lipinski definition) is 1. The lowest BCUT2D eigenvalue weighted by Crippen LogP contribution is -1.93. The lowest BCUT2D eigenvalue weighted by atomic mass is 10.0. The number of rotatable bonds is 2. The maximum atomic E-state index is 13.1. The van der Waals surface area contributed by atoms with E-state index < -0.39 is 0 Å². The van der Waals surface area contributed by atoms with Gasteiger partial charge >= 0.3 is 0 Å². The van der Waals surface area contributed by atoms with Gasteiger partial charge in [0.15, 0.2) is 3.95 Å². The van der Waals surface area contributed by atoms with E-state index in [0.717, 1.165) is 22.5 Å². The highest BCUT2D eigenvalue weighted by atomic mass is 32.1. The molecule has 25 heavy (non-hydrogen) atoms. The van der Waals surface area contributed by atoms with E-state index in [2.05, 4.69) is 4.99 Å². The average molecular weight is 368 g/mol. The normalized spacial score (nSPS) is 14.6. The highest BCUT2D eigenvalue weighted by Crippen LogP contribution is 2.38. The third-order valence-corrected chi connectivity index (χ3v) is 5.35. The maximum absolute atomic E-state index is 13.1. The van der Waals surface area contributed by atoms with Crippen LogP contribution in [0.2, 0.25) is 0 Å². The predicted octanol–water partition coefficient (Wildman–Crippen LogP) is 5.76. The van der Waals surface area contributed by atoms with Gasteiger partial charge in [0.25, 0.3) is 0 Å². The molecule has 0 aliphatic carbocycles. The van der Waals surface area contributed by atoms with Crippen molar-refractivity contribution in [1.29, 1.82) is 0 Å². The summed E-state index contributed by atoms with van der Waals surface area (Å²) in [5, 5.41) is 10.7. The molecule has 1 aliphatic rings. The van der Waals surface area contributed by atoms with Crippen LogP contribution in [0.15, 0.2) is 53.5 Å². The molecule has 124 valence electrons. The zero-order valence-corrected chi connectivity index (χ0v) is 14.9. The Morgan fingerprint density at radius 1 is 1.16 bits per heavy atom. The van der Waals surface area contributed by atoms with Crippen molar-refractivity contribution in [3.63, 3.8) is 0 Å². The standard InChI is InChI=1S/C19H13FN2OS2/c1-11-15(14-4-2-3-5-16(14)21-11)10-17-18(23)22(19(24)25-17)13-8-6-12(20)7-9-13/h2-10,23H,1H3/b15-10-. The van der Waals surface area contributed by atoms with Crippen LogP contribution in [0, 0.1) is 9.77 Å². The first-order valence-electron chi connectivity index (χ1n) is 7.62. The third kappa shape index (κ3) is 2.73. The molecule has 0 bridgehead atoms. The van der Waals surface area contributed by atoms with Crippen LogP contribution < -0.4 is 0 Å². The summed E-state index contributed by atoms with van der Waals surface area (Å²) in [6.45, 7) is 1.94. The van der Waals surface area contributed by atoms with Crippen molar-refractivity contribution in [2.75, 3.05) is 0 Å². The number of thiazole rings is 1. The van der Waals surface area contributed by atoms with Gasteiger partial charge in [0.2, 0.25) is 5.88 Å². The maximum Gasteiger partial charge on any atom is 0.215 e. The highest BCUT2D eigenvalue weighted by molar-refractivity contribution is 7.73. The molecule has 1 aliphatic heterocycles. The van der Waals surface area contributed by atoms with E-state index in [1.807, 2.05) is 37.3 Å². The van der Waals surface area contributed by atoms with Gasteiger partial charge in [-0.3, -0.25) is 9.56 Å². The molecule has 0 unspecified atom stereocenters. The number of aromatic nitrogens is 1. The largest absolute Gasteiger partial charge is 0.493 e. The minimum absolute atomic E-state index is 0.0475. The first-order chi connectivity index (χ1) is 12.0. The number of nitrogens with zero attached hydrogens (tertiary/aromatic N) is 2. The van der Waals surface area contributed by atoms with Gasteiger partial charge in [-0.1, -0.05) is 18.2 Å². The second kappa shape index (κ2) is 6.06. The Balaban J connectivity index is 1.84. The molecule has 0 amide bonds. The van der Waals surface area contributed by atoms with Crippen molar-refractivity contribution < 1.29 is 9.50 Å². The molecule has 0 saturated carbocycles. The van der Waals surface area contributed by atoms with Crippen LogP contribution in [0.1, 0.15) is 17.4 Å². The summed E-state index contributed by atoms with van der Waals surface area (Å²) < 4.78 is 15.2. The van der Waals surface area contributed by atoms with Crippen LogP contribution in [-0.4, -0.2) is 15.4 Å². The Kier molecular flexibility index (Phi) is 3.86. The van der Waals surface area contributed by atoms with E-state index in [1.165, 1.54) is 23.5 Å². The minimum Gasteiger partial charge on any atom is -0.493 e. The summed E-state index contributed by atoms with van der Waals surface area (Å²) in [5.41, 5.74) is 4.45. The molecule has 1 N–H and O–H groups in total. The smallest absolute Gasteiger partial charge is 0.215 e. The molecule has 2 heterocycles. The molecule has 0 atom stereocenters. The summed E-state index contributed by atoms with van der Waals surface area (Å²) in [4.78, 5) is 5.20. The molecule has 0 spiro atoms. The quantitative estimate of drug-likeness (QED) is 0.584. The van der Waals surface area contributed by atoms with Crippen molar-refractivity contribution in [2.24, 2.45) is 4.99 Å². The van der Waals surface area contributed by atoms with Crippen LogP contribution in [0.5, 0.6) is 5.88 Å². The molecule has 0 radical (unpaired) electrons. The fraction of sp³-hybridized carbons (Fsp3) is 0.0526. The zero-order valence-electron chi connectivity index (χ0n) is 13.2. The van der Waals surface area contributed by atoms with Crippen LogP contribution in [-0.2, 0) is 0 Å². The molecular weight excluding hydrogens is 355 g/mol. The number of fused-ring (bicyclic) bond motifs is 1. The zero-order chi connectivity index (χ0) is 17.6. The molecule has 2 aromatic carbocycles.